The second-order valence-electron chi connectivity index (χ2n) is 7.33. The van der Waals surface area contributed by atoms with E-state index in [1.165, 1.54) is 0 Å². The average Bonchev–Trinajstić information content (AvgIpc) is 2.73. The Labute approximate surface area is 167 Å². The van der Waals surface area contributed by atoms with Crippen molar-refractivity contribution in [2.45, 2.75) is 38.8 Å². The van der Waals surface area contributed by atoms with Crippen molar-refractivity contribution in [3.05, 3.63) is 36.7 Å². The van der Waals surface area contributed by atoms with E-state index in [0.717, 1.165) is 54.8 Å². The van der Waals surface area contributed by atoms with Gasteiger partial charge in [-0.2, -0.15) is 4.98 Å². The highest BCUT2D eigenvalue weighted by Crippen LogP contribution is 2.26. The maximum Gasteiger partial charge on any atom is 0.227 e. The molecule has 0 radical (unpaired) electrons. The third kappa shape index (κ3) is 4.59. The van der Waals surface area contributed by atoms with Crippen LogP contribution in [0.5, 0.6) is 0 Å². The summed E-state index contributed by atoms with van der Waals surface area (Å²) in [5.74, 6) is 2.22. The minimum absolute atomic E-state index is 0.335. The van der Waals surface area contributed by atoms with Crippen molar-refractivity contribution in [2.24, 2.45) is 0 Å². The van der Waals surface area contributed by atoms with E-state index in [1.807, 2.05) is 24.4 Å². The van der Waals surface area contributed by atoms with Crippen LogP contribution in [-0.2, 0) is 4.74 Å². The molecule has 28 heavy (non-hydrogen) atoms. The molecule has 2 aromatic rings. The SMILES string of the molecule is C=Cc1cnc(Nc2ccnc(N3CCC(OC)CC3)n2)cc1N(C)C(C)C. The fourth-order valence-corrected chi connectivity index (χ4v) is 3.26. The quantitative estimate of drug-likeness (QED) is 0.783. The molecule has 0 aromatic carbocycles. The zero-order valence-corrected chi connectivity index (χ0v) is 17.2. The Bertz CT molecular complexity index is 801. The van der Waals surface area contributed by atoms with Crippen LogP contribution in [-0.4, -0.2) is 54.3 Å². The van der Waals surface area contributed by atoms with Gasteiger partial charge in [-0.1, -0.05) is 12.7 Å². The standard InChI is InChI=1S/C21H30N6O/c1-6-16-14-23-20(13-18(16)26(4)15(2)3)24-19-7-10-22-21(25-19)27-11-8-17(28-5)9-12-27/h6-7,10,13-15,17H,1,8-9,11-12H2,2-5H3,(H,22,23,24,25). The van der Waals surface area contributed by atoms with E-state index in [9.17, 15) is 0 Å². The Morgan fingerprint density at radius 1 is 1.29 bits per heavy atom. The molecule has 0 aliphatic carbocycles. The molecular weight excluding hydrogens is 352 g/mol. The van der Waals surface area contributed by atoms with E-state index in [0.29, 0.717) is 12.1 Å². The molecule has 0 bridgehead atoms. The van der Waals surface area contributed by atoms with Crippen molar-refractivity contribution in [2.75, 3.05) is 42.4 Å². The Hall–Kier alpha value is -2.67. The lowest BCUT2D eigenvalue weighted by Crippen LogP contribution is -2.37. The maximum absolute atomic E-state index is 5.45. The molecule has 0 saturated carbocycles. The molecule has 150 valence electrons. The monoisotopic (exact) mass is 382 g/mol. The molecule has 1 aliphatic heterocycles. The molecule has 7 heteroatoms. The van der Waals surface area contributed by atoms with Crippen LogP contribution < -0.4 is 15.1 Å². The number of nitrogens with one attached hydrogen (secondary N) is 1. The first-order valence-corrected chi connectivity index (χ1v) is 9.75. The number of piperidine rings is 1. The van der Waals surface area contributed by atoms with Gasteiger partial charge in [-0.25, -0.2) is 9.97 Å². The summed E-state index contributed by atoms with van der Waals surface area (Å²) >= 11 is 0. The van der Waals surface area contributed by atoms with Crippen LogP contribution in [0.4, 0.5) is 23.3 Å². The van der Waals surface area contributed by atoms with Gasteiger partial charge in [0.15, 0.2) is 0 Å². The largest absolute Gasteiger partial charge is 0.381 e. The molecule has 1 fully saturated rings. The molecule has 0 spiro atoms. The molecule has 0 atom stereocenters. The van der Waals surface area contributed by atoms with Crippen LogP contribution in [0, 0.1) is 0 Å². The first kappa shape index (κ1) is 20.1. The summed E-state index contributed by atoms with van der Waals surface area (Å²) in [6, 6.07) is 4.26. The van der Waals surface area contributed by atoms with Gasteiger partial charge in [0, 0.05) is 63.0 Å². The number of ether oxygens (including phenoxy) is 1. The first-order chi connectivity index (χ1) is 13.5. The fourth-order valence-electron chi connectivity index (χ4n) is 3.26. The normalized spacial score (nSPS) is 15.0. The lowest BCUT2D eigenvalue weighted by atomic mass is 10.1. The van der Waals surface area contributed by atoms with Crippen molar-refractivity contribution in [1.29, 1.82) is 0 Å². The third-order valence-electron chi connectivity index (χ3n) is 5.24. The van der Waals surface area contributed by atoms with E-state index < -0.39 is 0 Å². The second kappa shape index (κ2) is 9.01. The Kier molecular flexibility index (Phi) is 6.46. The summed E-state index contributed by atoms with van der Waals surface area (Å²) in [6.07, 6.45) is 7.77. The van der Waals surface area contributed by atoms with Crippen LogP contribution in [0.25, 0.3) is 6.08 Å². The van der Waals surface area contributed by atoms with Crippen molar-refractivity contribution in [1.82, 2.24) is 15.0 Å². The van der Waals surface area contributed by atoms with Crippen LogP contribution in [0.1, 0.15) is 32.3 Å². The first-order valence-electron chi connectivity index (χ1n) is 9.75. The molecule has 0 unspecified atom stereocenters. The number of methoxy groups -OCH3 is 1. The zero-order chi connectivity index (χ0) is 20.1. The summed E-state index contributed by atoms with van der Waals surface area (Å²) in [5.41, 5.74) is 2.09. The summed E-state index contributed by atoms with van der Waals surface area (Å²) in [5, 5.41) is 3.31. The van der Waals surface area contributed by atoms with E-state index in [-0.39, 0.29) is 0 Å². The predicted octanol–water partition coefficient (Wildman–Crippen LogP) is 3.72. The van der Waals surface area contributed by atoms with Gasteiger partial charge < -0.3 is 19.9 Å². The van der Waals surface area contributed by atoms with Gasteiger partial charge in [-0.05, 0) is 32.8 Å². The highest BCUT2D eigenvalue weighted by Gasteiger charge is 2.20. The number of hydrogen-bond donors (Lipinski definition) is 1. The molecule has 1 saturated heterocycles. The number of aromatic nitrogens is 3. The van der Waals surface area contributed by atoms with Gasteiger partial charge >= 0.3 is 0 Å². The van der Waals surface area contributed by atoms with Gasteiger partial charge in [-0.3, -0.25) is 0 Å². The topological polar surface area (TPSA) is 66.4 Å². The van der Waals surface area contributed by atoms with Gasteiger partial charge in [0.1, 0.15) is 11.6 Å². The number of nitrogens with zero attached hydrogens (tertiary/aromatic N) is 5. The summed E-state index contributed by atoms with van der Waals surface area (Å²) < 4.78 is 5.45. The average molecular weight is 383 g/mol. The van der Waals surface area contributed by atoms with Crippen molar-refractivity contribution in [3.8, 4) is 0 Å². The van der Waals surface area contributed by atoms with Crippen LogP contribution in [0.2, 0.25) is 0 Å². The Morgan fingerprint density at radius 3 is 2.68 bits per heavy atom. The predicted molar refractivity (Wildman–Crippen MR) is 115 cm³/mol. The van der Waals surface area contributed by atoms with Crippen molar-refractivity contribution >= 4 is 29.3 Å². The van der Waals surface area contributed by atoms with E-state index in [1.54, 1.807) is 13.3 Å². The summed E-state index contributed by atoms with van der Waals surface area (Å²) in [4.78, 5) is 18.0. The van der Waals surface area contributed by atoms with Crippen LogP contribution in [0.3, 0.4) is 0 Å². The maximum atomic E-state index is 5.45. The number of hydrogen-bond acceptors (Lipinski definition) is 7. The van der Waals surface area contributed by atoms with Gasteiger partial charge in [0.05, 0.1) is 6.10 Å². The van der Waals surface area contributed by atoms with E-state index in [4.69, 9.17) is 4.74 Å². The smallest absolute Gasteiger partial charge is 0.227 e. The molecule has 1 N–H and O–H groups in total. The Morgan fingerprint density at radius 2 is 2.04 bits per heavy atom. The minimum Gasteiger partial charge on any atom is -0.381 e. The second-order valence-corrected chi connectivity index (χ2v) is 7.33. The molecule has 2 aromatic heterocycles. The van der Waals surface area contributed by atoms with Gasteiger partial charge in [0.25, 0.3) is 0 Å². The fraction of sp³-hybridized carbons (Fsp3) is 0.476. The Balaban J connectivity index is 1.77. The molecule has 7 nitrogen and oxygen atoms in total. The molecule has 0 amide bonds. The molecular formula is C21H30N6O. The van der Waals surface area contributed by atoms with Crippen molar-refractivity contribution < 1.29 is 4.74 Å². The molecule has 1 aliphatic rings. The highest BCUT2D eigenvalue weighted by molar-refractivity contribution is 5.70. The molecule has 3 rings (SSSR count). The number of pyridine rings is 1. The van der Waals surface area contributed by atoms with Crippen LogP contribution in [0.15, 0.2) is 31.1 Å². The highest BCUT2D eigenvalue weighted by atomic mass is 16.5. The summed E-state index contributed by atoms with van der Waals surface area (Å²) in [7, 11) is 3.85. The zero-order valence-electron chi connectivity index (χ0n) is 17.2. The van der Waals surface area contributed by atoms with Crippen molar-refractivity contribution in [3.63, 3.8) is 0 Å². The van der Waals surface area contributed by atoms with E-state index >= 15 is 0 Å². The summed E-state index contributed by atoms with van der Waals surface area (Å²) in [6.45, 7) is 10.0. The number of anilines is 4. The van der Waals surface area contributed by atoms with E-state index in [2.05, 4.69) is 57.5 Å². The minimum atomic E-state index is 0.335. The van der Waals surface area contributed by atoms with Gasteiger partial charge in [0.2, 0.25) is 5.95 Å². The molecule has 3 heterocycles. The lowest BCUT2D eigenvalue weighted by molar-refractivity contribution is 0.0816. The van der Waals surface area contributed by atoms with Crippen LogP contribution >= 0.6 is 0 Å². The third-order valence-corrected chi connectivity index (χ3v) is 5.24. The number of rotatable bonds is 7. The lowest BCUT2D eigenvalue weighted by Gasteiger charge is -2.31. The van der Waals surface area contributed by atoms with Gasteiger partial charge in [-0.15, -0.1) is 0 Å².